The standard InChI is InChI=1S/C8H16S2/c1-5-6(2)9-8(4)10-7(5)3/h5-8H,1-4H3. The minimum atomic E-state index is 0.807. The van der Waals surface area contributed by atoms with E-state index in [2.05, 4.69) is 51.2 Å². The molecule has 0 nitrogen and oxygen atoms in total. The maximum atomic E-state index is 2.36. The van der Waals surface area contributed by atoms with Crippen LogP contribution in [0.4, 0.5) is 0 Å². The second-order valence-corrected chi connectivity index (χ2v) is 6.85. The summed E-state index contributed by atoms with van der Waals surface area (Å²) in [4.78, 5) is 0. The lowest BCUT2D eigenvalue weighted by Gasteiger charge is -2.34. The van der Waals surface area contributed by atoms with Gasteiger partial charge in [0.25, 0.3) is 0 Å². The number of hydrogen-bond acceptors (Lipinski definition) is 2. The minimum Gasteiger partial charge on any atom is -0.144 e. The Morgan fingerprint density at radius 1 is 0.800 bits per heavy atom. The van der Waals surface area contributed by atoms with Gasteiger partial charge in [-0.1, -0.05) is 20.8 Å². The van der Waals surface area contributed by atoms with Crippen molar-refractivity contribution in [3.8, 4) is 0 Å². The van der Waals surface area contributed by atoms with Gasteiger partial charge in [-0.3, -0.25) is 0 Å². The van der Waals surface area contributed by atoms with E-state index in [0.29, 0.717) is 0 Å². The minimum absolute atomic E-state index is 0.807. The van der Waals surface area contributed by atoms with Crippen molar-refractivity contribution in [2.45, 2.75) is 42.8 Å². The van der Waals surface area contributed by atoms with Crippen LogP contribution in [0.15, 0.2) is 0 Å². The van der Waals surface area contributed by atoms with E-state index in [1.165, 1.54) is 0 Å². The van der Waals surface area contributed by atoms with Crippen molar-refractivity contribution in [2.75, 3.05) is 0 Å². The van der Waals surface area contributed by atoms with Gasteiger partial charge in [-0.05, 0) is 12.8 Å². The molecule has 1 aliphatic rings. The first-order chi connectivity index (χ1) is 4.61. The van der Waals surface area contributed by atoms with Gasteiger partial charge >= 0.3 is 0 Å². The quantitative estimate of drug-likeness (QED) is 0.556. The molecule has 0 spiro atoms. The largest absolute Gasteiger partial charge is 0.144 e. The molecule has 0 N–H and O–H groups in total. The third kappa shape index (κ3) is 1.85. The molecule has 1 aliphatic heterocycles. The van der Waals surface area contributed by atoms with E-state index < -0.39 is 0 Å². The van der Waals surface area contributed by atoms with Crippen molar-refractivity contribution in [3.63, 3.8) is 0 Å². The molecule has 0 aromatic heterocycles. The molecule has 2 atom stereocenters. The molecule has 1 saturated heterocycles. The SMILES string of the molecule is CC1SC(C)C(C)C(C)S1. The van der Waals surface area contributed by atoms with Gasteiger partial charge in [0.2, 0.25) is 0 Å². The van der Waals surface area contributed by atoms with Crippen LogP contribution >= 0.6 is 23.5 Å². The fraction of sp³-hybridized carbons (Fsp3) is 1.00. The van der Waals surface area contributed by atoms with E-state index in [1.807, 2.05) is 0 Å². The van der Waals surface area contributed by atoms with Crippen LogP contribution in [-0.2, 0) is 0 Å². The summed E-state index contributed by atoms with van der Waals surface area (Å²) < 4.78 is 0.807. The van der Waals surface area contributed by atoms with E-state index >= 15 is 0 Å². The van der Waals surface area contributed by atoms with Crippen molar-refractivity contribution < 1.29 is 0 Å². The zero-order valence-corrected chi connectivity index (χ0v) is 8.76. The summed E-state index contributed by atoms with van der Waals surface area (Å²) in [6.07, 6.45) is 0. The normalized spacial score (nSPS) is 49.2. The molecular formula is C8H16S2. The zero-order valence-electron chi connectivity index (χ0n) is 7.13. The summed E-state index contributed by atoms with van der Waals surface area (Å²) in [7, 11) is 0. The summed E-state index contributed by atoms with van der Waals surface area (Å²) in [5.74, 6) is 0.881. The second-order valence-electron chi connectivity index (χ2n) is 3.11. The van der Waals surface area contributed by atoms with Gasteiger partial charge in [-0.25, -0.2) is 0 Å². The highest BCUT2D eigenvalue weighted by Crippen LogP contribution is 2.42. The molecule has 0 aromatic carbocycles. The van der Waals surface area contributed by atoms with Crippen LogP contribution in [0.5, 0.6) is 0 Å². The second kappa shape index (κ2) is 3.40. The van der Waals surface area contributed by atoms with E-state index in [-0.39, 0.29) is 0 Å². The fourth-order valence-corrected chi connectivity index (χ4v) is 4.85. The lowest BCUT2D eigenvalue weighted by Crippen LogP contribution is -2.27. The van der Waals surface area contributed by atoms with E-state index in [1.54, 1.807) is 0 Å². The van der Waals surface area contributed by atoms with Gasteiger partial charge < -0.3 is 0 Å². The van der Waals surface area contributed by atoms with Gasteiger partial charge in [-0.15, -0.1) is 23.5 Å². The molecule has 2 unspecified atom stereocenters. The van der Waals surface area contributed by atoms with Crippen molar-refractivity contribution in [1.29, 1.82) is 0 Å². The first kappa shape index (κ1) is 8.79. The first-order valence-electron chi connectivity index (χ1n) is 3.92. The lowest BCUT2D eigenvalue weighted by atomic mass is 10.1. The topological polar surface area (TPSA) is 0 Å². The van der Waals surface area contributed by atoms with Gasteiger partial charge in [0.15, 0.2) is 0 Å². The Morgan fingerprint density at radius 2 is 1.20 bits per heavy atom. The average molecular weight is 176 g/mol. The monoisotopic (exact) mass is 176 g/mol. The Morgan fingerprint density at radius 3 is 1.60 bits per heavy atom. The molecule has 0 aliphatic carbocycles. The first-order valence-corrected chi connectivity index (χ1v) is 5.80. The fourth-order valence-electron chi connectivity index (χ4n) is 1.27. The summed E-state index contributed by atoms with van der Waals surface area (Å²) in [5, 5.41) is 1.71. The molecule has 2 heteroatoms. The Kier molecular flexibility index (Phi) is 2.99. The van der Waals surface area contributed by atoms with Crippen molar-refractivity contribution in [3.05, 3.63) is 0 Å². The predicted molar refractivity (Wildman–Crippen MR) is 52.7 cm³/mol. The molecule has 0 radical (unpaired) electrons. The van der Waals surface area contributed by atoms with Crippen LogP contribution in [0.1, 0.15) is 27.7 Å². The summed E-state index contributed by atoms with van der Waals surface area (Å²) >= 11 is 4.23. The third-order valence-corrected chi connectivity index (χ3v) is 5.44. The molecule has 0 bridgehead atoms. The van der Waals surface area contributed by atoms with Crippen LogP contribution in [0, 0.1) is 5.92 Å². The number of thioether (sulfide) groups is 2. The highest BCUT2D eigenvalue weighted by atomic mass is 32.2. The Balaban J connectivity index is 2.49. The van der Waals surface area contributed by atoms with E-state index in [4.69, 9.17) is 0 Å². The predicted octanol–water partition coefficient (Wildman–Crippen LogP) is 3.23. The van der Waals surface area contributed by atoms with Crippen molar-refractivity contribution in [2.24, 2.45) is 5.92 Å². The van der Waals surface area contributed by atoms with Crippen molar-refractivity contribution >= 4 is 23.5 Å². The molecule has 1 rings (SSSR count). The zero-order chi connectivity index (χ0) is 7.72. The van der Waals surface area contributed by atoms with Crippen molar-refractivity contribution in [1.82, 2.24) is 0 Å². The van der Waals surface area contributed by atoms with Crippen LogP contribution in [0.3, 0.4) is 0 Å². The maximum Gasteiger partial charge on any atom is 0.0479 e. The summed E-state index contributed by atoms with van der Waals surface area (Å²) in [6, 6.07) is 0. The molecule has 0 amide bonds. The molecule has 10 heavy (non-hydrogen) atoms. The summed E-state index contributed by atoms with van der Waals surface area (Å²) in [6.45, 7) is 9.37. The van der Waals surface area contributed by atoms with Crippen LogP contribution in [0.2, 0.25) is 0 Å². The Labute approximate surface area is 72.5 Å². The van der Waals surface area contributed by atoms with Crippen LogP contribution in [0.25, 0.3) is 0 Å². The highest BCUT2D eigenvalue weighted by Gasteiger charge is 2.28. The maximum absolute atomic E-state index is 2.36. The Bertz CT molecular complexity index is 102. The van der Waals surface area contributed by atoms with Gasteiger partial charge in [0.1, 0.15) is 0 Å². The lowest BCUT2D eigenvalue weighted by molar-refractivity contribution is 0.566. The molecule has 1 fully saturated rings. The third-order valence-electron chi connectivity index (χ3n) is 2.29. The van der Waals surface area contributed by atoms with Crippen LogP contribution in [-0.4, -0.2) is 15.1 Å². The highest BCUT2D eigenvalue weighted by molar-refractivity contribution is 8.18. The van der Waals surface area contributed by atoms with Crippen LogP contribution < -0.4 is 0 Å². The average Bonchev–Trinajstić information content (AvgIpc) is 1.82. The molecule has 1 heterocycles. The summed E-state index contributed by atoms with van der Waals surface area (Å²) in [5.41, 5.74) is 0. The molecule has 0 aromatic rings. The number of hydrogen-bond donors (Lipinski definition) is 0. The van der Waals surface area contributed by atoms with Gasteiger partial charge in [0, 0.05) is 15.1 Å². The molecular weight excluding hydrogens is 160 g/mol. The Hall–Kier alpha value is 0.700. The van der Waals surface area contributed by atoms with Gasteiger partial charge in [-0.2, -0.15) is 0 Å². The van der Waals surface area contributed by atoms with Gasteiger partial charge in [0.05, 0.1) is 0 Å². The van der Waals surface area contributed by atoms with E-state index in [0.717, 1.165) is 21.0 Å². The number of rotatable bonds is 0. The smallest absolute Gasteiger partial charge is 0.0479 e. The molecule has 60 valence electrons. The molecule has 0 saturated carbocycles. The van der Waals surface area contributed by atoms with E-state index in [9.17, 15) is 0 Å².